The van der Waals surface area contributed by atoms with Crippen molar-refractivity contribution in [3.05, 3.63) is 0 Å². The maximum atomic E-state index is 6.07. The lowest BCUT2D eigenvalue weighted by Gasteiger charge is -2.29. The summed E-state index contributed by atoms with van der Waals surface area (Å²) >= 11 is 0. The van der Waals surface area contributed by atoms with Gasteiger partial charge in [0.05, 0.1) is 7.85 Å². The molecular weight excluding hydrogens is 131 g/mol. The molecule has 60 valence electrons. The first kappa shape index (κ1) is 7.70. The molecule has 0 aromatic heterocycles. The number of fused-ring (bicyclic) bond motifs is 2. The minimum absolute atomic E-state index is 0.527. The van der Waals surface area contributed by atoms with Crippen LogP contribution < -0.4 is 0 Å². The first-order chi connectivity index (χ1) is 5.19. The molecule has 2 aliphatic rings. The van der Waals surface area contributed by atoms with E-state index in [1.165, 1.54) is 25.7 Å². The van der Waals surface area contributed by atoms with Gasteiger partial charge in [-0.25, -0.2) is 0 Å². The molecule has 0 nitrogen and oxygen atoms in total. The smallest absolute Gasteiger partial charge is 0.0703 e. The summed E-state index contributed by atoms with van der Waals surface area (Å²) in [6.07, 6.45) is 5.49. The van der Waals surface area contributed by atoms with Crippen molar-refractivity contribution in [3.8, 4) is 0 Å². The summed E-state index contributed by atoms with van der Waals surface area (Å²) in [4.78, 5) is 0. The summed E-state index contributed by atoms with van der Waals surface area (Å²) in [5.74, 6) is 2.29. The van der Waals surface area contributed by atoms with E-state index in [-0.39, 0.29) is 0 Å². The predicted octanol–water partition coefficient (Wildman–Crippen LogP) is 2.79. The number of hydrogen-bond acceptors (Lipinski definition) is 0. The Balaban J connectivity index is 2.24. The first-order valence-electron chi connectivity index (χ1n) is 4.95. The van der Waals surface area contributed by atoms with E-state index in [0.717, 1.165) is 11.8 Å². The van der Waals surface area contributed by atoms with Crippen molar-refractivity contribution in [2.75, 3.05) is 0 Å². The van der Waals surface area contributed by atoms with Crippen LogP contribution in [0.2, 0.25) is 5.82 Å². The van der Waals surface area contributed by atoms with Gasteiger partial charge in [-0.3, -0.25) is 0 Å². The zero-order valence-corrected chi connectivity index (χ0v) is 7.64. The van der Waals surface area contributed by atoms with Crippen LogP contribution in [-0.2, 0) is 0 Å². The van der Waals surface area contributed by atoms with Crippen molar-refractivity contribution < 1.29 is 0 Å². The fourth-order valence-corrected chi connectivity index (χ4v) is 3.52. The lowest BCUT2D eigenvalue weighted by atomic mass is 9.70. The van der Waals surface area contributed by atoms with Gasteiger partial charge in [0, 0.05) is 0 Å². The van der Waals surface area contributed by atoms with Gasteiger partial charge >= 0.3 is 0 Å². The van der Waals surface area contributed by atoms with E-state index in [0.29, 0.717) is 11.2 Å². The molecule has 1 heteroatoms. The lowest BCUT2D eigenvalue weighted by molar-refractivity contribution is 0.225. The van der Waals surface area contributed by atoms with Crippen LogP contribution in [-0.4, -0.2) is 7.85 Å². The Morgan fingerprint density at radius 1 is 1.55 bits per heavy atom. The van der Waals surface area contributed by atoms with E-state index in [1.807, 2.05) is 0 Å². The molecular formula is C10H17B. The molecule has 2 saturated carbocycles. The molecule has 4 atom stereocenters. The minimum atomic E-state index is 0.527. The van der Waals surface area contributed by atoms with E-state index < -0.39 is 0 Å². The van der Waals surface area contributed by atoms with Gasteiger partial charge in [-0.05, 0) is 23.7 Å². The summed E-state index contributed by atoms with van der Waals surface area (Å²) in [5.41, 5.74) is 0.657. The minimum Gasteiger partial charge on any atom is -0.0738 e. The SMILES string of the molecule is [B][C@@H]1CC2(CC)CCC1[C@@H]2C. The van der Waals surface area contributed by atoms with Crippen molar-refractivity contribution >= 4 is 7.85 Å². The summed E-state index contributed by atoms with van der Waals surface area (Å²) in [5, 5.41) is 0. The maximum Gasteiger partial charge on any atom is 0.0703 e. The van der Waals surface area contributed by atoms with E-state index in [4.69, 9.17) is 7.85 Å². The third kappa shape index (κ3) is 0.831. The van der Waals surface area contributed by atoms with Crippen molar-refractivity contribution in [1.82, 2.24) is 0 Å². The van der Waals surface area contributed by atoms with Gasteiger partial charge in [0.1, 0.15) is 0 Å². The molecule has 2 rings (SSSR count). The van der Waals surface area contributed by atoms with Crippen LogP contribution in [0, 0.1) is 17.3 Å². The lowest BCUT2D eigenvalue weighted by Crippen LogP contribution is -2.18. The van der Waals surface area contributed by atoms with Crippen LogP contribution in [0.1, 0.15) is 39.5 Å². The predicted molar refractivity (Wildman–Crippen MR) is 48.7 cm³/mol. The molecule has 0 aromatic rings. The molecule has 0 aromatic carbocycles. The molecule has 2 bridgehead atoms. The van der Waals surface area contributed by atoms with Crippen LogP contribution in [0.3, 0.4) is 0 Å². The largest absolute Gasteiger partial charge is 0.0738 e. The third-order valence-electron chi connectivity index (χ3n) is 4.48. The Morgan fingerprint density at radius 2 is 2.27 bits per heavy atom. The highest BCUT2D eigenvalue weighted by atomic mass is 14.6. The summed E-state index contributed by atoms with van der Waals surface area (Å²) in [6, 6.07) is 0. The van der Waals surface area contributed by atoms with Crippen LogP contribution in [0.4, 0.5) is 0 Å². The molecule has 2 unspecified atom stereocenters. The molecule has 0 aliphatic heterocycles. The quantitative estimate of drug-likeness (QED) is 0.501. The topological polar surface area (TPSA) is 0 Å². The Hall–Kier alpha value is 0.0649. The second kappa shape index (κ2) is 2.28. The molecule has 0 N–H and O–H groups in total. The Labute approximate surface area is 71.2 Å². The highest BCUT2D eigenvalue weighted by Gasteiger charge is 2.52. The summed E-state index contributed by atoms with van der Waals surface area (Å²) in [7, 11) is 6.07. The second-order valence-corrected chi connectivity index (χ2v) is 4.58. The average Bonchev–Trinajstić information content (AvgIpc) is 2.42. The van der Waals surface area contributed by atoms with E-state index >= 15 is 0 Å². The third-order valence-corrected chi connectivity index (χ3v) is 4.48. The zero-order chi connectivity index (χ0) is 8.06. The molecule has 2 fully saturated rings. The van der Waals surface area contributed by atoms with Crippen LogP contribution in [0.15, 0.2) is 0 Å². The average molecular weight is 148 g/mol. The summed E-state index contributed by atoms with van der Waals surface area (Å²) in [6.45, 7) is 4.74. The normalized spacial score (nSPS) is 55.3. The standard InChI is InChI=1S/C10H17B/c1-3-10-5-4-8(7(10)2)9(11)6-10/h7-9H,3-6H2,1-2H3/t7-,8?,9+,10?/m0/s1. The van der Waals surface area contributed by atoms with Crippen molar-refractivity contribution in [1.29, 1.82) is 0 Å². The van der Waals surface area contributed by atoms with Crippen molar-refractivity contribution in [2.24, 2.45) is 17.3 Å². The van der Waals surface area contributed by atoms with Gasteiger partial charge in [0.2, 0.25) is 0 Å². The van der Waals surface area contributed by atoms with E-state index in [1.54, 1.807) is 0 Å². The van der Waals surface area contributed by atoms with Gasteiger partial charge < -0.3 is 0 Å². The first-order valence-corrected chi connectivity index (χ1v) is 4.95. The molecule has 11 heavy (non-hydrogen) atoms. The van der Waals surface area contributed by atoms with Crippen molar-refractivity contribution in [2.45, 2.75) is 45.3 Å². The molecule has 2 radical (unpaired) electrons. The summed E-state index contributed by atoms with van der Waals surface area (Å²) < 4.78 is 0. The second-order valence-electron chi connectivity index (χ2n) is 4.58. The van der Waals surface area contributed by atoms with E-state index in [9.17, 15) is 0 Å². The Morgan fingerprint density at radius 3 is 2.55 bits per heavy atom. The highest BCUT2D eigenvalue weighted by molar-refractivity contribution is 6.12. The molecule has 2 aliphatic carbocycles. The van der Waals surface area contributed by atoms with Gasteiger partial charge in [-0.1, -0.05) is 38.9 Å². The molecule has 0 heterocycles. The monoisotopic (exact) mass is 148 g/mol. The van der Waals surface area contributed by atoms with E-state index in [2.05, 4.69) is 13.8 Å². The fraction of sp³-hybridized carbons (Fsp3) is 1.00. The molecule has 0 spiro atoms. The maximum absolute atomic E-state index is 6.07. The van der Waals surface area contributed by atoms with Crippen LogP contribution in [0.25, 0.3) is 0 Å². The van der Waals surface area contributed by atoms with Gasteiger partial charge in [0.15, 0.2) is 0 Å². The van der Waals surface area contributed by atoms with Crippen LogP contribution in [0.5, 0.6) is 0 Å². The fourth-order valence-electron chi connectivity index (χ4n) is 3.52. The van der Waals surface area contributed by atoms with Gasteiger partial charge in [-0.15, -0.1) is 0 Å². The number of rotatable bonds is 1. The van der Waals surface area contributed by atoms with Gasteiger partial charge in [0.25, 0.3) is 0 Å². The highest BCUT2D eigenvalue weighted by Crippen LogP contribution is 2.63. The van der Waals surface area contributed by atoms with Crippen molar-refractivity contribution in [3.63, 3.8) is 0 Å². The Bertz CT molecular complexity index is 166. The molecule has 0 saturated heterocycles. The molecule has 0 amide bonds. The zero-order valence-electron chi connectivity index (χ0n) is 7.64. The van der Waals surface area contributed by atoms with Gasteiger partial charge in [-0.2, -0.15) is 0 Å². The Kier molecular flexibility index (Phi) is 1.59. The van der Waals surface area contributed by atoms with Crippen LogP contribution >= 0.6 is 0 Å². The number of hydrogen-bond donors (Lipinski definition) is 0.